The molecule has 0 spiro atoms. The number of hydrogen-bond donors (Lipinski definition) is 3. The van der Waals surface area contributed by atoms with Crippen molar-refractivity contribution in [3.63, 3.8) is 0 Å². The molecule has 0 aromatic rings. The van der Waals surface area contributed by atoms with E-state index in [2.05, 4.69) is 0 Å². The van der Waals surface area contributed by atoms with Crippen molar-refractivity contribution in [2.75, 3.05) is 11.5 Å². The molecular formula is C7H14N2O3S. The summed E-state index contributed by atoms with van der Waals surface area (Å²) in [5, 5.41) is 8.42. The van der Waals surface area contributed by atoms with Crippen molar-refractivity contribution >= 4 is 23.5 Å². The summed E-state index contributed by atoms with van der Waals surface area (Å²) in [6.07, 6.45) is 0. The summed E-state index contributed by atoms with van der Waals surface area (Å²) < 4.78 is 0. The van der Waals surface area contributed by atoms with E-state index in [1.165, 1.54) is 18.7 Å². The zero-order chi connectivity index (χ0) is 10.4. The molecule has 0 aliphatic carbocycles. The van der Waals surface area contributed by atoms with Crippen LogP contribution in [0.5, 0.6) is 0 Å². The predicted octanol–water partition coefficient (Wildman–Crippen LogP) is -0.952. The van der Waals surface area contributed by atoms with E-state index in [1.807, 2.05) is 0 Å². The number of Topliss-reactive ketones (excluding diaryl/α,β-unsaturated/α-hetero) is 1. The molecule has 0 heterocycles. The Morgan fingerprint density at radius 2 is 1.77 bits per heavy atom. The Balaban J connectivity index is 3.56. The van der Waals surface area contributed by atoms with E-state index in [1.54, 1.807) is 0 Å². The summed E-state index contributed by atoms with van der Waals surface area (Å²) in [5.41, 5.74) is 10.7. The normalized spacial score (nSPS) is 15.0. The topological polar surface area (TPSA) is 106 Å². The Morgan fingerprint density at radius 1 is 1.31 bits per heavy atom. The lowest BCUT2D eigenvalue weighted by Gasteiger charge is -2.08. The third-order valence-electron chi connectivity index (χ3n) is 1.43. The SMILES string of the molecule is CC(=O)[C@H](N)CSC[C@@H](N)C(=O)O. The molecule has 0 aliphatic rings. The lowest BCUT2D eigenvalue weighted by molar-refractivity contribution is -0.137. The standard InChI is InChI=1S/C7H14N2O3S/c1-4(10)5(8)2-13-3-6(9)7(11)12/h5-6H,2-3,8-9H2,1H3,(H,11,12)/t5-,6-/m1/s1. The Hall–Kier alpha value is -0.590. The number of carbonyl (C=O) groups excluding carboxylic acids is 1. The van der Waals surface area contributed by atoms with Gasteiger partial charge in [-0.1, -0.05) is 0 Å². The first-order valence-corrected chi connectivity index (χ1v) is 4.92. The van der Waals surface area contributed by atoms with Crippen LogP contribution in [0, 0.1) is 0 Å². The first-order valence-electron chi connectivity index (χ1n) is 3.77. The van der Waals surface area contributed by atoms with Gasteiger partial charge in [0, 0.05) is 11.5 Å². The van der Waals surface area contributed by atoms with Crippen LogP contribution in [0.4, 0.5) is 0 Å². The maximum Gasteiger partial charge on any atom is 0.321 e. The van der Waals surface area contributed by atoms with Gasteiger partial charge in [-0.2, -0.15) is 11.8 Å². The quantitative estimate of drug-likeness (QED) is 0.517. The van der Waals surface area contributed by atoms with Gasteiger partial charge in [-0.3, -0.25) is 9.59 Å². The number of rotatable bonds is 6. The highest BCUT2D eigenvalue weighted by molar-refractivity contribution is 7.99. The van der Waals surface area contributed by atoms with Crippen molar-refractivity contribution in [1.29, 1.82) is 0 Å². The van der Waals surface area contributed by atoms with E-state index in [0.717, 1.165) is 0 Å². The largest absolute Gasteiger partial charge is 0.480 e. The summed E-state index contributed by atoms with van der Waals surface area (Å²) in [6, 6.07) is -1.41. The van der Waals surface area contributed by atoms with E-state index in [0.29, 0.717) is 5.75 Å². The fourth-order valence-corrected chi connectivity index (χ4v) is 1.53. The first-order chi connectivity index (χ1) is 5.95. The van der Waals surface area contributed by atoms with Crippen molar-refractivity contribution in [3.05, 3.63) is 0 Å². The van der Waals surface area contributed by atoms with E-state index in [4.69, 9.17) is 16.6 Å². The second-order valence-corrected chi connectivity index (χ2v) is 3.77. The van der Waals surface area contributed by atoms with Crippen LogP contribution >= 0.6 is 11.8 Å². The molecule has 0 bridgehead atoms. The molecule has 13 heavy (non-hydrogen) atoms. The van der Waals surface area contributed by atoms with Crippen LogP contribution in [0.1, 0.15) is 6.92 Å². The maximum absolute atomic E-state index is 10.7. The minimum absolute atomic E-state index is 0.101. The van der Waals surface area contributed by atoms with Gasteiger partial charge in [0.15, 0.2) is 0 Å². The second kappa shape index (κ2) is 5.95. The van der Waals surface area contributed by atoms with Gasteiger partial charge in [-0.05, 0) is 6.92 Å². The molecule has 0 fully saturated rings. The van der Waals surface area contributed by atoms with Crippen LogP contribution in [0.3, 0.4) is 0 Å². The van der Waals surface area contributed by atoms with Gasteiger partial charge < -0.3 is 16.6 Å². The molecule has 2 atom stereocenters. The maximum atomic E-state index is 10.7. The molecule has 6 heteroatoms. The summed E-state index contributed by atoms with van der Waals surface area (Å²) in [4.78, 5) is 20.9. The van der Waals surface area contributed by atoms with Crippen LogP contribution in [0.2, 0.25) is 0 Å². The molecule has 0 aliphatic heterocycles. The van der Waals surface area contributed by atoms with Gasteiger partial charge in [0.05, 0.1) is 6.04 Å². The molecule has 5 N–H and O–H groups in total. The molecule has 0 unspecified atom stereocenters. The summed E-state index contributed by atoms with van der Waals surface area (Å²) in [5.74, 6) is -0.451. The average molecular weight is 206 g/mol. The van der Waals surface area contributed by atoms with E-state index in [9.17, 15) is 9.59 Å². The number of carbonyl (C=O) groups is 2. The zero-order valence-electron chi connectivity index (χ0n) is 7.40. The van der Waals surface area contributed by atoms with E-state index < -0.39 is 18.1 Å². The van der Waals surface area contributed by atoms with Crippen LogP contribution < -0.4 is 11.5 Å². The van der Waals surface area contributed by atoms with Gasteiger partial charge >= 0.3 is 5.97 Å². The third kappa shape index (κ3) is 5.62. The molecule has 0 radical (unpaired) electrons. The van der Waals surface area contributed by atoms with Crippen LogP contribution in [0.15, 0.2) is 0 Å². The molecule has 5 nitrogen and oxygen atoms in total. The van der Waals surface area contributed by atoms with Gasteiger partial charge in [0.25, 0.3) is 0 Å². The Morgan fingerprint density at radius 3 is 2.15 bits per heavy atom. The molecule has 76 valence electrons. The number of carboxylic acid groups (broad SMARTS) is 1. The van der Waals surface area contributed by atoms with E-state index in [-0.39, 0.29) is 11.5 Å². The summed E-state index contributed by atoms with van der Waals surface area (Å²) in [7, 11) is 0. The third-order valence-corrected chi connectivity index (χ3v) is 2.62. The molecule has 0 aromatic carbocycles. The highest BCUT2D eigenvalue weighted by Gasteiger charge is 2.13. The van der Waals surface area contributed by atoms with Crippen LogP contribution in [-0.4, -0.2) is 40.4 Å². The van der Waals surface area contributed by atoms with Crippen molar-refractivity contribution < 1.29 is 14.7 Å². The van der Waals surface area contributed by atoms with Gasteiger partial charge in [0.1, 0.15) is 11.8 Å². The first kappa shape index (κ1) is 12.4. The highest BCUT2D eigenvalue weighted by atomic mass is 32.2. The van der Waals surface area contributed by atoms with Crippen molar-refractivity contribution in [2.24, 2.45) is 11.5 Å². The lowest BCUT2D eigenvalue weighted by atomic mass is 10.3. The average Bonchev–Trinajstić information content (AvgIpc) is 2.03. The smallest absolute Gasteiger partial charge is 0.321 e. The minimum Gasteiger partial charge on any atom is -0.480 e. The molecule has 0 saturated carbocycles. The number of hydrogen-bond acceptors (Lipinski definition) is 5. The van der Waals surface area contributed by atoms with E-state index >= 15 is 0 Å². The Labute approximate surface area is 80.8 Å². The summed E-state index contributed by atoms with van der Waals surface area (Å²) >= 11 is 1.27. The van der Waals surface area contributed by atoms with Crippen LogP contribution in [-0.2, 0) is 9.59 Å². The fraction of sp³-hybridized carbons (Fsp3) is 0.714. The zero-order valence-corrected chi connectivity index (χ0v) is 8.21. The minimum atomic E-state index is -1.04. The van der Waals surface area contributed by atoms with Gasteiger partial charge in [0.2, 0.25) is 0 Å². The number of ketones is 1. The fourth-order valence-electron chi connectivity index (χ4n) is 0.511. The number of carboxylic acids is 1. The van der Waals surface area contributed by atoms with Crippen molar-refractivity contribution in [2.45, 2.75) is 19.0 Å². The highest BCUT2D eigenvalue weighted by Crippen LogP contribution is 2.03. The van der Waals surface area contributed by atoms with Crippen LogP contribution in [0.25, 0.3) is 0 Å². The van der Waals surface area contributed by atoms with Crippen molar-refractivity contribution in [1.82, 2.24) is 0 Å². The monoisotopic (exact) mass is 206 g/mol. The molecule has 0 aromatic heterocycles. The number of nitrogens with two attached hydrogens (primary N) is 2. The molecular weight excluding hydrogens is 192 g/mol. The molecule has 0 rings (SSSR count). The predicted molar refractivity (Wildman–Crippen MR) is 51.6 cm³/mol. The second-order valence-electron chi connectivity index (χ2n) is 2.70. The Kier molecular flexibility index (Phi) is 5.68. The molecule has 0 amide bonds. The number of thioether (sulfide) groups is 1. The van der Waals surface area contributed by atoms with Crippen molar-refractivity contribution in [3.8, 4) is 0 Å². The number of aliphatic carboxylic acids is 1. The van der Waals surface area contributed by atoms with Gasteiger partial charge in [-0.15, -0.1) is 0 Å². The lowest BCUT2D eigenvalue weighted by Crippen LogP contribution is -2.35. The molecule has 0 saturated heterocycles. The Bertz CT molecular complexity index is 178. The van der Waals surface area contributed by atoms with Gasteiger partial charge in [-0.25, -0.2) is 0 Å². The summed E-state index contributed by atoms with van der Waals surface area (Å²) in [6.45, 7) is 1.41.